The summed E-state index contributed by atoms with van der Waals surface area (Å²) in [6.45, 7) is 1.58. The summed E-state index contributed by atoms with van der Waals surface area (Å²) in [4.78, 5) is 37.6. The second-order valence-electron chi connectivity index (χ2n) is 7.64. The van der Waals surface area contributed by atoms with E-state index in [0.717, 1.165) is 16.9 Å². The third-order valence-corrected chi connectivity index (χ3v) is 5.09. The molecular formula is C26H28N4O3. The molecule has 0 aromatic heterocycles. The van der Waals surface area contributed by atoms with Gasteiger partial charge in [0, 0.05) is 43.1 Å². The maximum absolute atomic E-state index is 12.3. The molecule has 33 heavy (non-hydrogen) atoms. The lowest BCUT2D eigenvalue weighted by Crippen LogP contribution is -2.23. The van der Waals surface area contributed by atoms with Crippen molar-refractivity contribution in [3.05, 3.63) is 84.4 Å². The first-order valence-corrected chi connectivity index (χ1v) is 10.7. The molecule has 3 amide bonds. The Balaban J connectivity index is 1.46. The highest BCUT2D eigenvalue weighted by molar-refractivity contribution is 5.96. The van der Waals surface area contributed by atoms with Gasteiger partial charge >= 0.3 is 0 Å². The maximum Gasteiger partial charge on any atom is 0.243 e. The molecule has 7 heteroatoms. The zero-order chi connectivity index (χ0) is 23.6. The minimum atomic E-state index is -0.215. The molecule has 3 N–H and O–H groups in total. The summed E-state index contributed by atoms with van der Waals surface area (Å²) >= 11 is 0. The van der Waals surface area contributed by atoms with Crippen LogP contribution in [-0.4, -0.2) is 31.3 Å². The van der Waals surface area contributed by atoms with Crippen LogP contribution in [0.5, 0.6) is 0 Å². The van der Waals surface area contributed by atoms with Gasteiger partial charge in [-0.2, -0.15) is 0 Å². The van der Waals surface area contributed by atoms with Gasteiger partial charge in [-0.25, -0.2) is 0 Å². The van der Waals surface area contributed by atoms with Crippen LogP contribution in [0.25, 0.3) is 0 Å². The molecule has 0 aliphatic rings. The second-order valence-corrected chi connectivity index (χ2v) is 7.64. The Bertz CT molecular complexity index is 1100. The van der Waals surface area contributed by atoms with Crippen molar-refractivity contribution in [1.29, 1.82) is 0 Å². The van der Waals surface area contributed by atoms with E-state index in [1.165, 1.54) is 6.92 Å². The third kappa shape index (κ3) is 7.50. The molecule has 0 spiro atoms. The van der Waals surface area contributed by atoms with Crippen LogP contribution in [0, 0.1) is 0 Å². The predicted octanol–water partition coefficient (Wildman–Crippen LogP) is 4.29. The average molecular weight is 445 g/mol. The first-order valence-electron chi connectivity index (χ1n) is 10.7. The zero-order valence-corrected chi connectivity index (χ0v) is 18.8. The highest BCUT2D eigenvalue weighted by Gasteiger charge is 2.08. The largest absolute Gasteiger partial charge is 0.376 e. The number of hydrogen-bond acceptors (Lipinski definition) is 4. The summed E-state index contributed by atoms with van der Waals surface area (Å²) in [7, 11) is 1.71. The van der Waals surface area contributed by atoms with Crippen molar-refractivity contribution in [1.82, 2.24) is 0 Å². The van der Waals surface area contributed by atoms with Crippen molar-refractivity contribution in [3.63, 3.8) is 0 Å². The predicted molar refractivity (Wildman–Crippen MR) is 132 cm³/mol. The highest BCUT2D eigenvalue weighted by Crippen LogP contribution is 2.18. The lowest BCUT2D eigenvalue weighted by atomic mass is 10.1. The standard InChI is InChI=1S/C26H28N4O3/c1-19(31)30(2)24-14-12-21(13-15-24)27-18-26(33)29-23-10-6-9-22(17-23)28-25(32)16-11-20-7-4-3-5-8-20/h3-10,12-15,17,27H,11,16,18H2,1-2H3,(H,28,32)(H,29,33). The van der Waals surface area contributed by atoms with Gasteiger partial charge in [0.2, 0.25) is 17.7 Å². The van der Waals surface area contributed by atoms with E-state index < -0.39 is 0 Å². The Labute approximate surface area is 193 Å². The zero-order valence-electron chi connectivity index (χ0n) is 18.8. The molecule has 0 atom stereocenters. The molecule has 0 aliphatic carbocycles. The number of amides is 3. The fraction of sp³-hybridized carbons (Fsp3) is 0.192. The molecule has 0 unspecified atom stereocenters. The van der Waals surface area contributed by atoms with Gasteiger partial charge < -0.3 is 20.9 Å². The maximum atomic E-state index is 12.3. The summed E-state index contributed by atoms with van der Waals surface area (Å²) in [5.41, 5.74) is 3.89. The Morgan fingerprint density at radius 3 is 2.03 bits per heavy atom. The van der Waals surface area contributed by atoms with E-state index in [2.05, 4.69) is 16.0 Å². The molecule has 0 aliphatic heterocycles. The average Bonchev–Trinajstić information content (AvgIpc) is 2.82. The van der Waals surface area contributed by atoms with Crippen LogP contribution in [0.1, 0.15) is 18.9 Å². The lowest BCUT2D eigenvalue weighted by Gasteiger charge is -2.15. The highest BCUT2D eigenvalue weighted by atomic mass is 16.2. The molecule has 0 heterocycles. The number of hydrogen-bond donors (Lipinski definition) is 3. The van der Waals surface area contributed by atoms with E-state index in [9.17, 15) is 14.4 Å². The molecule has 3 aromatic rings. The molecule has 7 nitrogen and oxygen atoms in total. The quantitative estimate of drug-likeness (QED) is 0.459. The van der Waals surface area contributed by atoms with Crippen LogP contribution in [0.4, 0.5) is 22.7 Å². The van der Waals surface area contributed by atoms with Gasteiger partial charge in [0.15, 0.2) is 0 Å². The smallest absolute Gasteiger partial charge is 0.243 e. The number of benzene rings is 3. The number of aryl methyl sites for hydroxylation is 1. The summed E-state index contributed by atoms with van der Waals surface area (Å²) in [5.74, 6) is -0.347. The number of anilines is 4. The molecule has 170 valence electrons. The van der Waals surface area contributed by atoms with Gasteiger partial charge in [0.05, 0.1) is 6.54 Å². The van der Waals surface area contributed by atoms with Crippen LogP contribution in [0.15, 0.2) is 78.9 Å². The molecule has 0 fully saturated rings. The Morgan fingerprint density at radius 2 is 1.39 bits per heavy atom. The van der Waals surface area contributed by atoms with Crippen LogP contribution >= 0.6 is 0 Å². The van der Waals surface area contributed by atoms with Gasteiger partial charge in [-0.15, -0.1) is 0 Å². The first kappa shape index (κ1) is 23.5. The Morgan fingerprint density at radius 1 is 0.758 bits per heavy atom. The fourth-order valence-electron chi connectivity index (χ4n) is 3.17. The summed E-state index contributed by atoms with van der Waals surface area (Å²) < 4.78 is 0. The van der Waals surface area contributed by atoms with Crippen molar-refractivity contribution in [2.75, 3.05) is 34.4 Å². The van der Waals surface area contributed by atoms with Crippen molar-refractivity contribution in [3.8, 4) is 0 Å². The van der Waals surface area contributed by atoms with E-state index in [0.29, 0.717) is 24.2 Å². The normalized spacial score (nSPS) is 10.2. The Hall–Kier alpha value is -4.13. The third-order valence-electron chi connectivity index (χ3n) is 5.09. The van der Waals surface area contributed by atoms with E-state index in [1.54, 1.807) is 36.2 Å². The summed E-state index contributed by atoms with van der Waals surface area (Å²) in [6, 6.07) is 24.2. The Kier molecular flexibility index (Phi) is 8.18. The van der Waals surface area contributed by atoms with Gasteiger partial charge in [-0.1, -0.05) is 36.4 Å². The number of carbonyl (C=O) groups excluding carboxylic acids is 3. The van der Waals surface area contributed by atoms with Crippen LogP contribution in [-0.2, 0) is 20.8 Å². The minimum absolute atomic E-state index is 0.0512. The van der Waals surface area contributed by atoms with Crippen molar-refractivity contribution >= 4 is 40.5 Å². The summed E-state index contributed by atoms with van der Waals surface area (Å²) in [6.07, 6.45) is 1.05. The topological polar surface area (TPSA) is 90.5 Å². The minimum Gasteiger partial charge on any atom is -0.376 e. The van der Waals surface area contributed by atoms with E-state index in [1.807, 2.05) is 54.6 Å². The van der Waals surface area contributed by atoms with E-state index >= 15 is 0 Å². The molecule has 0 saturated carbocycles. The van der Waals surface area contributed by atoms with Gasteiger partial charge in [-0.3, -0.25) is 14.4 Å². The SMILES string of the molecule is CC(=O)N(C)c1ccc(NCC(=O)Nc2cccc(NC(=O)CCc3ccccc3)c2)cc1. The number of rotatable bonds is 9. The number of carbonyl (C=O) groups is 3. The molecule has 0 bridgehead atoms. The molecule has 3 rings (SSSR count). The molecule has 0 saturated heterocycles. The van der Waals surface area contributed by atoms with Gasteiger partial charge in [-0.05, 0) is 54.4 Å². The molecular weight excluding hydrogens is 416 g/mol. The van der Waals surface area contributed by atoms with Crippen LogP contribution < -0.4 is 20.9 Å². The van der Waals surface area contributed by atoms with Gasteiger partial charge in [0.1, 0.15) is 0 Å². The van der Waals surface area contributed by atoms with Crippen molar-refractivity contribution < 1.29 is 14.4 Å². The lowest BCUT2D eigenvalue weighted by molar-refractivity contribution is -0.117. The van der Waals surface area contributed by atoms with E-state index in [4.69, 9.17) is 0 Å². The van der Waals surface area contributed by atoms with Crippen molar-refractivity contribution in [2.24, 2.45) is 0 Å². The van der Waals surface area contributed by atoms with Crippen LogP contribution in [0.2, 0.25) is 0 Å². The molecule has 3 aromatic carbocycles. The van der Waals surface area contributed by atoms with E-state index in [-0.39, 0.29) is 24.3 Å². The second kappa shape index (κ2) is 11.5. The number of nitrogens with one attached hydrogen (secondary N) is 3. The van der Waals surface area contributed by atoms with Crippen molar-refractivity contribution in [2.45, 2.75) is 19.8 Å². The van der Waals surface area contributed by atoms with Gasteiger partial charge in [0.25, 0.3) is 0 Å². The first-order chi connectivity index (χ1) is 15.9. The monoisotopic (exact) mass is 444 g/mol. The fourth-order valence-corrected chi connectivity index (χ4v) is 3.17. The number of nitrogens with zero attached hydrogens (tertiary/aromatic N) is 1. The summed E-state index contributed by atoms with van der Waals surface area (Å²) in [5, 5.41) is 8.75. The van der Waals surface area contributed by atoms with Crippen LogP contribution in [0.3, 0.4) is 0 Å². The molecule has 0 radical (unpaired) electrons.